The number of fused-ring (bicyclic) bond motifs is 1. The van der Waals surface area contributed by atoms with Crippen LogP contribution in [-0.2, 0) is 4.74 Å². The molecular weight excluding hydrogens is 313 g/mol. The van der Waals surface area contributed by atoms with E-state index in [1.54, 1.807) is 0 Å². The Kier molecular flexibility index (Phi) is 3.82. The smallest absolute Gasteiger partial charge is 0.241 e. The van der Waals surface area contributed by atoms with Gasteiger partial charge in [0.05, 0.1) is 30.6 Å². The minimum atomic E-state index is -0.639. The van der Waals surface area contributed by atoms with Crippen LogP contribution in [-0.4, -0.2) is 45.1 Å². The molecule has 2 aromatic heterocycles. The number of nitrogens with zero attached hydrogens (tertiary/aromatic N) is 4. The van der Waals surface area contributed by atoms with Gasteiger partial charge in [0, 0.05) is 12.5 Å². The molecule has 126 valence electrons. The fraction of sp³-hybridized carbons (Fsp3) is 0.562. The molecule has 1 aliphatic heterocycles. The molecule has 1 aliphatic carbocycles. The van der Waals surface area contributed by atoms with Crippen molar-refractivity contribution in [2.75, 3.05) is 18.5 Å². The van der Waals surface area contributed by atoms with Crippen molar-refractivity contribution >= 4 is 11.5 Å². The highest BCUT2D eigenvalue weighted by molar-refractivity contribution is 5.58. The van der Waals surface area contributed by atoms with E-state index >= 15 is 0 Å². The highest BCUT2D eigenvalue weighted by Gasteiger charge is 2.31. The fourth-order valence-electron chi connectivity index (χ4n) is 3.32. The maximum atomic E-state index is 14.5. The SMILES string of the molecule is N#Cc1c(F)c2cnc(N[C@@H]3CCOC[C@H]3O)nn2c1C1CCC1. The van der Waals surface area contributed by atoms with E-state index in [1.807, 2.05) is 6.07 Å². The largest absolute Gasteiger partial charge is 0.389 e. The highest BCUT2D eigenvalue weighted by atomic mass is 19.1. The molecule has 7 nitrogen and oxygen atoms in total. The molecule has 0 spiro atoms. The Morgan fingerprint density at radius 1 is 1.42 bits per heavy atom. The van der Waals surface area contributed by atoms with Crippen molar-refractivity contribution in [1.82, 2.24) is 14.6 Å². The zero-order chi connectivity index (χ0) is 16.7. The number of hydrogen-bond donors (Lipinski definition) is 2. The maximum Gasteiger partial charge on any atom is 0.241 e. The average Bonchev–Trinajstić information content (AvgIpc) is 2.80. The zero-order valence-corrected chi connectivity index (χ0v) is 13.1. The lowest BCUT2D eigenvalue weighted by molar-refractivity contribution is -0.0136. The van der Waals surface area contributed by atoms with Crippen molar-refractivity contribution in [2.24, 2.45) is 0 Å². The van der Waals surface area contributed by atoms with Crippen LogP contribution >= 0.6 is 0 Å². The summed E-state index contributed by atoms with van der Waals surface area (Å²) in [6.07, 6.45) is 4.34. The van der Waals surface area contributed by atoms with E-state index in [2.05, 4.69) is 15.4 Å². The second-order valence-electron chi connectivity index (χ2n) is 6.37. The number of nitrogens with one attached hydrogen (secondary N) is 1. The summed E-state index contributed by atoms with van der Waals surface area (Å²) in [5.41, 5.74) is 0.915. The molecule has 2 aliphatic rings. The van der Waals surface area contributed by atoms with Gasteiger partial charge in [-0.2, -0.15) is 5.26 Å². The van der Waals surface area contributed by atoms with Gasteiger partial charge in [-0.15, -0.1) is 5.10 Å². The van der Waals surface area contributed by atoms with Crippen LogP contribution in [0.5, 0.6) is 0 Å². The van der Waals surface area contributed by atoms with Gasteiger partial charge in [0.1, 0.15) is 17.1 Å². The molecule has 0 amide bonds. The van der Waals surface area contributed by atoms with E-state index in [4.69, 9.17) is 4.74 Å². The van der Waals surface area contributed by atoms with Crippen molar-refractivity contribution in [3.63, 3.8) is 0 Å². The number of aliphatic hydroxyl groups excluding tert-OH is 1. The highest BCUT2D eigenvalue weighted by Crippen LogP contribution is 2.39. The summed E-state index contributed by atoms with van der Waals surface area (Å²) in [5, 5.41) is 26.8. The topological polar surface area (TPSA) is 95.5 Å². The molecular formula is C16H18FN5O2. The van der Waals surface area contributed by atoms with Gasteiger partial charge in [0.25, 0.3) is 0 Å². The summed E-state index contributed by atoms with van der Waals surface area (Å²) in [5.74, 6) is -0.0846. The Morgan fingerprint density at radius 3 is 2.92 bits per heavy atom. The molecule has 0 unspecified atom stereocenters. The standard InChI is InChI=1S/C16H18FN5O2/c17-14-10(6-18)15(9-2-1-3-9)22-12(14)7-19-16(21-22)20-11-4-5-24-8-13(11)23/h7,9,11,13,23H,1-5,8H2,(H,20,21)/t11-,13-/m1/s1. The maximum absolute atomic E-state index is 14.5. The predicted octanol–water partition coefficient (Wildman–Crippen LogP) is 1.57. The van der Waals surface area contributed by atoms with E-state index in [-0.39, 0.29) is 29.6 Å². The summed E-state index contributed by atoms with van der Waals surface area (Å²) in [4.78, 5) is 4.14. The first-order chi connectivity index (χ1) is 11.7. The molecule has 0 radical (unpaired) electrons. The number of ether oxygens (including phenoxy) is 1. The first kappa shape index (κ1) is 15.3. The molecule has 2 aromatic rings. The van der Waals surface area contributed by atoms with E-state index in [0.717, 1.165) is 19.3 Å². The summed E-state index contributed by atoms with van der Waals surface area (Å²) in [7, 11) is 0. The van der Waals surface area contributed by atoms with E-state index in [0.29, 0.717) is 24.7 Å². The molecule has 0 bridgehead atoms. The predicted molar refractivity (Wildman–Crippen MR) is 83.1 cm³/mol. The molecule has 1 saturated heterocycles. The number of rotatable bonds is 3. The van der Waals surface area contributed by atoms with Crippen molar-refractivity contribution in [3.05, 3.63) is 23.3 Å². The summed E-state index contributed by atoms with van der Waals surface area (Å²) in [6.45, 7) is 0.824. The molecule has 0 aromatic carbocycles. The Hall–Kier alpha value is -2.24. The van der Waals surface area contributed by atoms with Gasteiger partial charge in [-0.3, -0.25) is 0 Å². The van der Waals surface area contributed by atoms with Crippen LogP contribution < -0.4 is 5.32 Å². The quantitative estimate of drug-likeness (QED) is 0.886. The Balaban J connectivity index is 1.73. The fourth-order valence-corrected chi connectivity index (χ4v) is 3.32. The van der Waals surface area contributed by atoms with Crippen LogP contribution in [0.1, 0.15) is 42.9 Å². The molecule has 1 saturated carbocycles. The summed E-state index contributed by atoms with van der Waals surface area (Å²) in [6, 6.07) is 1.76. The van der Waals surface area contributed by atoms with Gasteiger partial charge < -0.3 is 15.2 Å². The number of anilines is 1. The van der Waals surface area contributed by atoms with Crippen molar-refractivity contribution < 1.29 is 14.2 Å². The third kappa shape index (κ3) is 2.41. The molecule has 2 N–H and O–H groups in total. The minimum absolute atomic E-state index is 0.0669. The Morgan fingerprint density at radius 2 is 2.25 bits per heavy atom. The van der Waals surface area contributed by atoms with Crippen LogP contribution in [0, 0.1) is 17.1 Å². The first-order valence-electron chi connectivity index (χ1n) is 8.18. The first-order valence-corrected chi connectivity index (χ1v) is 8.18. The normalized spacial score (nSPS) is 24.5. The van der Waals surface area contributed by atoms with Gasteiger partial charge in [0.15, 0.2) is 5.82 Å². The lowest BCUT2D eigenvalue weighted by atomic mass is 9.82. The number of aromatic nitrogens is 3. The van der Waals surface area contributed by atoms with Gasteiger partial charge in [0.2, 0.25) is 5.95 Å². The summed E-state index contributed by atoms with van der Waals surface area (Å²) >= 11 is 0. The van der Waals surface area contributed by atoms with Crippen molar-refractivity contribution in [1.29, 1.82) is 5.26 Å². The molecule has 4 rings (SSSR count). The van der Waals surface area contributed by atoms with Gasteiger partial charge in [-0.1, -0.05) is 6.42 Å². The molecule has 8 heteroatoms. The monoisotopic (exact) mass is 331 g/mol. The van der Waals surface area contributed by atoms with E-state index < -0.39 is 11.9 Å². The van der Waals surface area contributed by atoms with Crippen LogP contribution in [0.25, 0.3) is 5.52 Å². The van der Waals surface area contributed by atoms with E-state index in [9.17, 15) is 14.8 Å². The van der Waals surface area contributed by atoms with Gasteiger partial charge >= 0.3 is 0 Å². The van der Waals surface area contributed by atoms with Crippen LogP contribution in [0.4, 0.5) is 10.3 Å². The number of aliphatic hydroxyl groups is 1. The van der Waals surface area contributed by atoms with Crippen LogP contribution in [0.2, 0.25) is 0 Å². The lowest BCUT2D eigenvalue weighted by Crippen LogP contribution is -2.42. The minimum Gasteiger partial charge on any atom is -0.389 e. The average molecular weight is 331 g/mol. The Bertz CT molecular complexity index is 811. The number of hydrogen-bond acceptors (Lipinski definition) is 6. The summed E-state index contributed by atoms with van der Waals surface area (Å²) < 4.78 is 21.2. The number of halogens is 1. The Labute approximate surface area is 138 Å². The van der Waals surface area contributed by atoms with Crippen LogP contribution in [0.3, 0.4) is 0 Å². The lowest BCUT2D eigenvalue weighted by Gasteiger charge is -2.28. The van der Waals surface area contributed by atoms with E-state index in [1.165, 1.54) is 10.7 Å². The third-order valence-electron chi connectivity index (χ3n) is 4.91. The second kappa shape index (κ2) is 6.00. The zero-order valence-electron chi connectivity index (χ0n) is 13.1. The second-order valence-corrected chi connectivity index (χ2v) is 6.37. The molecule has 3 heterocycles. The van der Waals surface area contributed by atoms with Crippen LogP contribution in [0.15, 0.2) is 6.20 Å². The van der Waals surface area contributed by atoms with Crippen molar-refractivity contribution in [2.45, 2.75) is 43.7 Å². The number of nitriles is 1. The molecule has 24 heavy (non-hydrogen) atoms. The third-order valence-corrected chi connectivity index (χ3v) is 4.91. The molecule has 2 fully saturated rings. The molecule has 2 atom stereocenters. The van der Waals surface area contributed by atoms with Gasteiger partial charge in [-0.05, 0) is 19.3 Å². The van der Waals surface area contributed by atoms with Crippen molar-refractivity contribution in [3.8, 4) is 6.07 Å². The van der Waals surface area contributed by atoms with Gasteiger partial charge in [-0.25, -0.2) is 13.9 Å².